The van der Waals surface area contributed by atoms with Crippen LogP contribution in [0.5, 0.6) is 5.75 Å². The van der Waals surface area contributed by atoms with Crippen molar-refractivity contribution in [1.82, 2.24) is 14.9 Å². The molecule has 0 amide bonds. The number of ether oxygens (including phenoxy) is 2. The summed E-state index contributed by atoms with van der Waals surface area (Å²) in [7, 11) is 0. The SMILES string of the molecule is c1cc2c(NC3CCCOC3)nc(N3CCCC3)nc2cc1OCCCN1CCCCC1. The molecule has 7 nitrogen and oxygen atoms in total. The lowest BCUT2D eigenvalue weighted by Gasteiger charge is -2.26. The highest BCUT2D eigenvalue weighted by molar-refractivity contribution is 5.91. The minimum absolute atomic E-state index is 0.305. The molecule has 5 rings (SSSR count). The number of nitrogens with one attached hydrogen (secondary N) is 1. The van der Waals surface area contributed by atoms with Gasteiger partial charge in [-0.05, 0) is 70.2 Å². The van der Waals surface area contributed by atoms with Gasteiger partial charge in [-0.3, -0.25) is 0 Å². The van der Waals surface area contributed by atoms with Gasteiger partial charge in [0, 0.05) is 37.7 Å². The molecular weight excluding hydrogens is 402 g/mol. The van der Waals surface area contributed by atoms with E-state index in [2.05, 4.69) is 33.3 Å². The summed E-state index contributed by atoms with van der Waals surface area (Å²) in [6, 6.07) is 6.55. The standard InChI is InChI=1S/C25H37N5O2/c1-2-11-29(12-3-1)13-7-17-32-21-9-10-22-23(18-21)27-25(30-14-4-5-15-30)28-24(22)26-20-8-6-16-31-19-20/h9-10,18,20H,1-8,11-17,19H2,(H,26,27,28). The highest BCUT2D eigenvalue weighted by atomic mass is 16.5. The number of hydrogen-bond donors (Lipinski definition) is 1. The molecule has 1 aromatic carbocycles. The minimum atomic E-state index is 0.305. The first-order valence-corrected chi connectivity index (χ1v) is 12.6. The van der Waals surface area contributed by atoms with E-state index >= 15 is 0 Å². The average Bonchev–Trinajstić information content (AvgIpc) is 3.38. The number of anilines is 2. The molecule has 1 atom stereocenters. The number of nitrogens with zero attached hydrogens (tertiary/aromatic N) is 4. The van der Waals surface area contributed by atoms with Crippen LogP contribution in [-0.4, -0.2) is 73.5 Å². The molecule has 7 heteroatoms. The van der Waals surface area contributed by atoms with Gasteiger partial charge in [-0.2, -0.15) is 4.98 Å². The van der Waals surface area contributed by atoms with Gasteiger partial charge in [-0.15, -0.1) is 0 Å². The third-order valence-electron chi connectivity index (χ3n) is 6.88. The number of aromatic nitrogens is 2. The van der Waals surface area contributed by atoms with E-state index in [-0.39, 0.29) is 0 Å². The molecule has 1 unspecified atom stereocenters. The Morgan fingerprint density at radius 2 is 1.84 bits per heavy atom. The molecule has 1 N–H and O–H groups in total. The molecule has 174 valence electrons. The zero-order valence-electron chi connectivity index (χ0n) is 19.2. The van der Waals surface area contributed by atoms with E-state index in [1.54, 1.807) is 0 Å². The lowest BCUT2D eigenvalue weighted by atomic mass is 10.1. The van der Waals surface area contributed by atoms with E-state index in [9.17, 15) is 0 Å². The molecule has 0 aliphatic carbocycles. The lowest BCUT2D eigenvalue weighted by Crippen LogP contribution is -2.31. The fourth-order valence-corrected chi connectivity index (χ4v) is 5.06. The van der Waals surface area contributed by atoms with E-state index < -0.39 is 0 Å². The smallest absolute Gasteiger partial charge is 0.227 e. The topological polar surface area (TPSA) is 62.8 Å². The van der Waals surface area contributed by atoms with Crippen LogP contribution < -0.4 is 15.0 Å². The maximum absolute atomic E-state index is 6.12. The molecule has 0 radical (unpaired) electrons. The summed E-state index contributed by atoms with van der Waals surface area (Å²) in [5, 5.41) is 4.70. The summed E-state index contributed by atoms with van der Waals surface area (Å²) in [4.78, 5) is 14.7. The molecule has 1 aromatic heterocycles. The molecule has 3 aliphatic heterocycles. The zero-order valence-corrected chi connectivity index (χ0v) is 19.2. The van der Waals surface area contributed by atoms with Crippen molar-refractivity contribution in [3.8, 4) is 5.75 Å². The van der Waals surface area contributed by atoms with Crippen LogP contribution in [0.25, 0.3) is 10.9 Å². The molecular formula is C25H37N5O2. The molecule has 3 saturated heterocycles. The second-order valence-corrected chi connectivity index (χ2v) is 9.41. The van der Waals surface area contributed by atoms with Crippen molar-refractivity contribution in [2.75, 3.05) is 62.8 Å². The van der Waals surface area contributed by atoms with Crippen molar-refractivity contribution < 1.29 is 9.47 Å². The Morgan fingerprint density at radius 3 is 2.66 bits per heavy atom. The van der Waals surface area contributed by atoms with E-state index in [0.717, 1.165) is 87.1 Å². The average molecular weight is 440 g/mol. The summed E-state index contributed by atoms with van der Waals surface area (Å²) in [6.45, 7) is 8.03. The van der Waals surface area contributed by atoms with Crippen LogP contribution in [0.1, 0.15) is 51.4 Å². The van der Waals surface area contributed by atoms with E-state index in [1.807, 2.05) is 0 Å². The minimum Gasteiger partial charge on any atom is -0.493 e. The molecule has 3 fully saturated rings. The van der Waals surface area contributed by atoms with Crippen molar-refractivity contribution in [2.24, 2.45) is 0 Å². The summed E-state index contributed by atoms with van der Waals surface area (Å²) >= 11 is 0. The van der Waals surface area contributed by atoms with E-state index in [1.165, 1.54) is 45.2 Å². The van der Waals surface area contributed by atoms with Crippen molar-refractivity contribution in [2.45, 2.75) is 57.4 Å². The highest BCUT2D eigenvalue weighted by Gasteiger charge is 2.20. The number of likely N-dealkylation sites (tertiary alicyclic amines) is 1. The molecule has 0 bridgehead atoms. The highest BCUT2D eigenvalue weighted by Crippen LogP contribution is 2.29. The monoisotopic (exact) mass is 439 g/mol. The van der Waals surface area contributed by atoms with Gasteiger partial charge >= 0.3 is 0 Å². The maximum Gasteiger partial charge on any atom is 0.227 e. The Morgan fingerprint density at radius 1 is 1.00 bits per heavy atom. The van der Waals surface area contributed by atoms with Gasteiger partial charge in [0.2, 0.25) is 5.95 Å². The summed E-state index contributed by atoms with van der Waals surface area (Å²) in [6.07, 6.45) is 9.76. The summed E-state index contributed by atoms with van der Waals surface area (Å²) in [5.41, 5.74) is 0.953. The van der Waals surface area contributed by atoms with Crippen molar-refractivity contribution in [1.29, 1.82) is 0 Å². The normalized spacial score (nSPS) is 22.4. The molecule has 0 saturated carbocycles. The van der Waals surface area contributed by atoms with Gasteiger partial charge in [0.1, 0.15) is 11.6 Å². The van der Waals surface area contributed by atoms with Crippen molar-refractivity contribution in [3.63, 3.8) is 0 Å². The predicted molar refractivity (Wildman–Crippen MR) is 129 cm³/mol. The first-order chi connectivity index (χ1) is 15.8. The van der Waals surface area contributed by atoms with Crippen LogP contribution in [0.4, 0.5) is 11.8 Å². The fourth-order valence-electron chi connectivity index (χ4n) is 5.06. The van der Waals surface area contributed by atoms with Gasteiger partial charge in [0.05, 0.1) is 24.8 Å². The second-order valence-electron chi connectivity index (χ2n) is 9.41. The van der Waals surface area contributed by atoms with E-state index in [4.69, 9.17) is 19.4 Å². The quantitative estimate of drug-likeness (QED) is 0.622. The number of rotatable bonds is 8. The number of piperidine rings is 1. The Kier molecular flexibility index (Phi) is 7.24. The number of hydrogen-bond acceptors (Lipinski definition) is 7. The molecule has 3 aliphatic rings. The van der Waals surface area contributed by atoms with Gasteiger partial charge in [0.15, 0.2) is 0 Å². The van der Waals surface area contributed by atoms with Crippen LogP contribution in [0.15, 0.2) is 18.2 Å². The Labute approximate surface area is 191 Å². The first kappa shape index (κ1) is 21.7. The largest absolute Gasteiger partial charge is 0.493 e. The third kappa shape index (κ3) is 5.44. The predicted octanol–water partition coefficient (Wildman–Crippen LogP) is 4.08. The molecule has 2 aromatic rings. The Balaban J connectivity index is 1.29. The summed E-state index contributed by atoms with van der Waals surface area (Å²) in [5.74, 6) is 2.65. The van der Waals surface area contributed by atoms with E-state index in [0.29, 0.717) is 6.04 Å². The van der Waals surface area contributed by atoms with Crippen molar-refractivity contribution >= 4 is 22.7 Å². The van der Waals surface area contributed by atoms with Crippen molar-refractivity contribution in [3.05, 3.63) is 18.2 Å². The van der Waals surface area contributed by atoms with Gasteiger partial charge < -0.3 is 24.6 Å². The Bertz CT molecular complexity index is 874. The van der Waals surface area contributed by atoms with Gasteiger partial charge in [-0.1, -0.05) is 6.42 Å². The van der Waals surface area contributed by atoms with Gasteiger partial charge in [0.25, 0.3) is 0 Å². The van der Waals surface area contributed by atoms with Gasteiger partial charge in [-0.25, -0.2) is 4.98 Å². The van der Waals surface area contributed by atoms with Crippen LogP contribution in [0.2, 0.25) is 0 Å². The number of benzene rings is 1. The molecule has 4 heterocycles. The van der Waals surface area contributed by atoms with Crippen LogP contribution in [-0.2, 0) is 4.74 Å². The zero-order chi connectivity index (χ0) is 21.6. The molecule has 32 heavy (non-hydrogen) atoms. The summed E-state index contributed by atoms with van der Waals surface area (Å²) < 4.78 is 11.8. The van der Waals surface area contributed by atoms with Crippen LogP contribution in [0.3, 0.4) is 0 Å². The number of fused-ring (bicyclic) bond motifs is 1. The third-order valence-corrected chi connectivity index (χ3v) is 6.88. The molecule has 0 spiro atoms. The fraction of sp³-hybridized carbons (Fsp3) is 0.680. The second kappa shape index (κ2) is 10.7. The Hall–Kier alpha value is -2.12. The van der Waals surface area contributed by atoms with Crippen LogP contribution >= 0.6 is 0 Å². The first-order valence-electron chi connectivity index (χ1n) is 12.6. The van der Waals surface area contributed by atoms with Crippen LogP contribution in [0, 0.1) is 0 Å². The lowest BCUT2D eigenvalue weighted by molar-refractivity contribution is 0.0875. The maximum atomic E-state index is 6.12.